The zero-order valence-electron chi connectivity index (χ0n) is 15.6. The van der Waals surface area contributed by atoms with Crippen LogP contribution in [-0.2, 0) is 0 Å². The largest absolute Gasteiger partial charge is 0.289 e. The Bertz CT molecular complexity index is 1330. The summed E-state index contributed by atoms with van der Waals surface area (Å²) >= 11 is 7.44. The van der Waals surface area contributed by atoms with Crippen LogP contribution in [-0.4, -0.2) is 20.5 Å². The maximum atomic E-state index is 12.6. The van der Waals surface area contributed by atoms with Crippen molar-refractivity contribution < 1.29 is 4.79 Å². The van der Waals surface area contributed by atoms with Gasteiger partial charge in [-0.05, 0) is 35.4 Å². The van der Waals surface area contributed by atoms with E-state index in [2.05, 4.69) is 15.4 Å². The number of hydrogen-bond donors (Lipinski definition) is 1. The first kappa shape index (κ1) is 18.5. The first-order chi connectivity index (χ1) is 14.7. The molecule has 1 amide bonds. The number of aromatic nitrogens is 3. The van der Waals surface area contributed by atoms with Crippen LogP contribution in [0.15, 0.2) is 84.2 Å². The highest BCUT2D eigenvalue weighted by Crippen LogP contribution is 2.27. The quantitative estimate of drug-likeness (QED) is 0.378. The topological polar surface area (TPSA) is 59.3 Å². The highest BCUT2D eigenvalue weighted by atomic mass is 35.5. The summed E-state index contributed by atoms with van der Waals surface area (Å²) in [5, 5.41) is 9.89. The molecule has 0 bridgehead atoms. The van der Waals surface area contributed by atoms with E-state index in [-0.39, 0.29) is 11.9 Å². The fraction of sp³-hybridized carbons (Fsp3) is 0. The molecule has 0 aliphatic heterocycles. The van der Waals surface area contributed by atoms with E-state index in [1.54, 1.807) is 16.6 Å². The van der Waals surface area contributed by atoms with Crippen molar-refractivity contribution in [3.63, 3.8) is 0 Å². The third-order valence-corrected chi connectivity index (χ3v) is 5.77. The van der Waals surface area contributed by atoms with Crippen molar-refractivity contribution in [1.29, 1.82) is 0 Å². The minimum absolute atomic E-state index is 0.249. The van der Waals surface area contributed by atoms with Crippen LogP contribution in [0.2, 0.25) is 5.02 Å². The van der Waals surface area contributed by atoms with E-state index in [1.807, 2.05) is 72.1 Å². The van der Waals surface area contributed by atoms with Gasteiger partial charge in [-0.2, -0.15) is 4.98 Å². The highest BCUT2D eigenvalue weighted by molar-refractivity contribution is 7.15. The second-order valence-corrected chi connectivity index (χ2v) is 7.93. The van der Waals surface area contributed by atoms with Gasteiger partial charge >= 0.3 is 0 Å². The van der Waals surface area contributed by atoms with Crippen molar-refractivity contribution >= 4 is 39.8 Å². The Kier molecular flexibility index (Phi) is 4.78. The third-order valence-electron chi connectivity index (χ3n) is 4.70. The van der Waals surface area contributed by atoms with Gasteiger partial charge < -0.3 is 0 Å². The summed E-state index contributed by atoms with van der Waals surface area (Å²) in [4.78, 5) is 17.8. The summed E-state index contributed by atoms with van der Waals surface area (Å²) in [7, 11) is 0. The van der Waals surface area contributed by atoms with E-state index in [9.17, 15) is 4.79 Å². The number of carbonyl (C=O) groups excluding carboxylic acids is 1. The van der Waals surface area contributed by atoms with E-state index < -0.39 is 0 Å². The van der Waals surface area contributed by atoms with Crippen LogP contribution in [0.3, 0.4) is 0 Å². The summed E-state index contributed by atoms with van der Waals surface area (Å²) < 4.78 is 1.72. The van der Waals surface area contributed by atoms with Crippen LogP contribution >= 0.6 is 22.9 Å². The number of nitrogens with zero attached hydrogens (tertiary/aromatic N) is 3. The minimum Gasteiger partial charge on any atom is -0.289 e. The van der Waals surface area contributed by atoms with Gasteiger partial charge in [0, 0.05) is 21.5 Å². The molecule has 0 radical (unpaired) electrons. The first-order valence-corrected chi connectivity index (χ1v) is 10.5. The number of rotatable bonds is 4. The lowest BCUT2D eigenvalue weighted by Gasteiger charge is -2.04. The molecule has 2 aromatic heterocycles. The molecular formula is C23H15ClN4OS. The molecule has 5 aromatic rings. The molecule has 0 fully saturated rings. The van der Waals surface area contributed by atoms with Crippen molar-refractivity contribution in [2.24, 2.45) is 0 Å². The molecule has 0 saturated heterocycles. The smallest absolute Gasteiger partial charge is 0.258 e. The highest BCUT2D eigenvalue weighted by Gasteiger charge is 2.14. The van der Waals surface area contributed by atoms with E-state index >= 15 is 0 Å². The number of carbonyl (C=O) groups is 1. The SMILES string of the molecule is O=C(Nc1nc2scc(-c3ccc(Cl)cc3)n2n1)c1ccc(-c2ccccc2)cc1. The Labute approximate surface area is 181 Å². The van der Waals surface area contributed by atoms with Gasteiger partial charge in [0.15, 0.2) is 0 Å². The Morgan fingerprint density at radius 3 is 2.27 bits per heavy atom. The molecule has 146 valence electrons. The van der Waals surface area contributed by atoms with Crippen molar-refractivity contribution in [2.45, 2.75) is 0 Å². The normalized spacial score (nSPS) is 11.0. The summed E-state index contributed by atoms with van der Waals surface area (Å²) in [6.45, 7) is 0. The number of fused-ring (bicyclic) bond motifs is 1. The average molecular weight is 431 g/mol. The van der Waals surface area contributed by atoms with Crippen LogP contribution in [0.4, 0.5) is 5.95 Å². The summed E-state index contributed by atoms with van der Waals surface area (Å²) in [5.74, 6) is 0.0232. The Hall–Kier alpha value is -3.48. The van der Waals surface area contributed by atoms with E-state index in [4.69, 9.17) is 11.6 Å². The van der Waals surface area contributed by atoms with Crippen molar-refractivity contribution in [3.8, 4) is 22.4 Å². The molecule has 7 heteroatoms. The monoisotopic (exact) mass is 430 g/mol. The van der Waals surface area contributed by atoms with Crippen LogP contribution in [0, 0.1) is 0 Å². The maximum absolute atomic E-state index is 12.6. The number of thiazole rings is 1. The number of anilines is 1. The number of halogens is 1. The maximum Gasteiger partial charge on any atom is 0.258 e. The Morgan fingerprint density at radius 2 is 1.53 bits per heavy atom. The van der Waals surface area contributed by atoms with Crippen LogP contribution in [0.5, 0.6) is 0 Å². The molecule has 1 N–H and O–H groups in total. The van der Waals surface area contributed by atoms with Gasteiger partial charge in [-0.25, -0.2) is 4.52 Å². The molecule has 30 heavy (non-hydrogen) atoms. The molecule has 5 nitrogen and oxygen atoms in total. The van der Waals surface area contributed by atoms with Gasteiger partial charge in [-0.3, -0.25) is 10.1 Å². The lowest BCUT2D eigenvalue weighted by molar-refractivity contribution is 0.102. The van der Waals surface area contributed by atoms with E-state index in [0.717, 1.165) is 22.4 Å². The molecule has 0 aliphatic rings. The summed E-state index contributed by atoms with van der Waals surface area (Å²) in [6.07, 6.45) is 0. The van der Waals surface area contributed by atoms with Gasteiger partial charge in [0.05, 0.1) is 5.69 Å². The molecule has 3 aromatic carbocycles. The van der Waals surface area contributed by atoms with Crippen LogP contribution in [0.1, 0.15) is 10.4 Å². The number of amides is 1. The summed E-state index contributed by atoms with van der Waals surface area (Å²) in [6, 6.07) is 25.0. The molecule has 0 unspecified atom stereocenters. The number of benzene rings is 3. The van der Waals surface area contributed by atoms with E-state index in [0.29, 0.717) is 15.5 Å². The predicted octanol–water partition coefficient (Wildman–Crippen LogP) is 6.03. The molecule has 0 atom stereocenters. The molecule has 5 rings (SSSR count). The zero-order chi connectivity index (χ0) is 20.5. The molecule has 0 saturated carbocycles. The van der Waals surface area contributed by atoms with Crippen LogP contribution < -0.4 is 5.32 Å². The molecule has 0 spiro atoms. The van der Waals surface area contributed by atoms with Gasteiger partial charge in [-0.1, -0.05) is 66.2 Å². The molecular weight excluding hydrogens is 416 g/mol. The number of hydrogen-bond acceptors (Lipinski definition) is 4. The summed E-state index contributed by atoms with van der Waals surface area (Å²) in [5.41, 5.74) is 4.58. The standard InChI is InChI=1S/C23H15ClN4OS/c24-19-12-10-17(11-13-19)20-14-30-23-26-22(27-28(20)23)25-21(29)18-8-6-16(7-9-18)15-4-2-1-3-5-15/h1-14H,(H,25,27,29). The third kappa shape index (κ3) is 3.58. The van der Waals surface area contributed by atoms with Crippen LogP contribution in [0.25, 0.3) is 27.3 Å². The first-order valence-electron chi connectivity index (χ1n) is 9.24. The predicted molar refractivity (Wildman–Crippen MR) is 121 cm³/mol. The Balaban J connectivity index is 1.36. The van der Waals surface area contributed by atoms with E-state index in [1.165, 1.54) is 11.3 Å². The fourth-order valence-electron chi connectivity index (χ4n) is 3.17. The minimum atomic E-state index is -0.249. The molecule has 0 aliphatic carbocycles. The Morgan fingerprint density at radius 1 is 0.867 bits per heavy atom. The zero-order valence-corrected chi connectivity index (χ0v) is 17.2. The van der Waals surface area contributed by atoms with Crippen molar-refractivity contribution in [3.05, 3.63) is 94.8 Å². The second kappa shape index (κ2) is 7.74. The van der Waals surface area contributed by atoms with Crippen molar-refractivity contribution in [2.75, 3.05) is 5.32 Å². The average Bonchev–Trinajstić information content (AvgIpc) is 3.35. The number of nitrogens with one attached hydrogen (secondary N) is 1. The van der Waals surface area contributed by atoms with Gasteiger partial charge in [-0.15, -0.1) is 16.4 Å². The lowest BCUT2D eigenvalue weighted by atomic mass is 10.0. The van der Waals surface area contributed by atoms with Gasteiger partial charge in [0.2, 0.25) is 4.96 Å². The lowest BCUT2D eigenvalue weighted by Crippen LogP contribution is -2.13. The van der Waals surface area contributed by atoms with Crippen molar-refractivity contribution in [1.82, 2.24) is 14.6 Å². The molecule has 2 heterocycles. The second-order valence-electron chi connectivity index (χ2n) is 6.66. The van der Waals surface area contributed by atoms with Gasteiger partial charge in [0.1, 0.15) is 0 Å². The van der Waals surface area contributed by atoms with Gasteiger partial charge in [0.25, 0.3) is 11.9 Å². The fourth-order valence-corrected chi connectivity index (χ4v) is 4.13.